The van der Waals surface area contributed by atoms with Crippen molar-refractivity contribution in [3.8, 4) is 0 Å². The Bertz CT molecular complexity index is 1330. The molecule has 0 bridgehead atoms. The smallest absolute Gasteiger partial charge is 0.242 e. The summed E-state index contributed by atoms with van der Waals surface area (Å²) in [7, 11) is 0. The van der Waals surface area contributed by atoms with E-state index in [4.69, 9.17) is 17.3 Å². The highest BCUT2D eigenvalue weighted by atomic mass is 35.5. The van der Waals surface area contributed by atoms with Crippen molar-refractivity contribution in [2.24, 2.45) is 0 Å². The van der Waals surface area contributed by atoms with Crippen LogP contribution in [-0.4, -0.2) is 44.3 Å². The van der Waals surface area contributed by atoms with Crippen molar-refractivity contribution in [3.05, 3.63) is 64.3 Å². The van der Waals surface area contributed by atoms with Gasteiger partial charge >= 0.3 is 0 Å². The van der Waals surface area contributed by atoms with Crippen LogP contribution in [0.2, 0.25) is 5.02 Å². The molecule has 8 heteroatoms. The van der Waals surface area contributed by atoms with Crippen molar-refractivity contribution < 1.29 is 4.79 Å². The molecule has 32 heavy (non-hydrogen) atoms. The molecule has 2 aromatic heterocycles. The molecule has 1 saturated heterocycles. The van der Waals surface area contributed by atoms with Crippen LogP contribution >= 0.6 is 22.9 Å². The van der Waals surface area contributed by atoms with Gasteiger partial charge in [0.2, 0.25) is 5.91 Å². The third-order valence-electron chi connectivity index (χ3n) is 6.23. The average molecular weight is 466 g/mol. The van der Waals surface area contributed by atoms with Gasteiger partial charge in [-0.15, -0.1) is 11.3 Å². The van der Waals surface area contributed by atoms with Crippen molar-refractivity contribution >= 4 is 55.7 Å². The summed E-state index contributed by atoms with van der Waals surface area (Å²) in [5.74, 6) is 0.603. The van der Waals surface area contributed by atoms with E-state index in [1.54, 1.807) is 11.3 Å². The Morgan fingerprint density at radius 2 is 1.94 bits per heavy atom. The van der Waals surface area contributed by atoms with E-state index in [0.29, 0.717) is 18.9 Å². The van der Waals surface area contributed by atoms with Crippen LogP contribution < -0.4 is 5.73 Å². The van der Waals surface area contributed by atoms with Crippen LogP contribution in [-0.2, 0) is 17.9 Å². The van der Waals surface area contributed by atoms with E-state index in [1.807, 2.05) is 55.1 Å². The van der Waals surface area contributed by atoms with Crippen LogP contribution in [0.3, 0.4) is 0 Å². The van der Waals surface area contributed by atoms with E-state index >= 15 is 0 Å². The second kappa shape index (κ2) is 7.99. The molecule has 0 radical (unpaired) electrons. The monoisotopic (exact) mass is 465 g/mol. The summed E-state index contributed by atoms with van der Waals surface area (Å²) < 4.78 is 1.18. The lowest BCUT2D eigenvalue weighted by atomic mass is 9.96. The third kappa shape index (κ3) is 3.81. The lowest BCUT2D eigenvalue weighted by Crippen LogP contribution is -2.62. The Morgan fingerprint density at radius 3 is 2.78 bits per heavy atom. The maximum Gasteiger partial charge on any atom is 0.242 e. The van der Waals surface area contributed by atoms with E-state index in [-0.39, 0.29) is 5.91 Å². The minimum absolute atomic E-state index is 0.134. The van der Waals surface area contributed by atoms with Gasteiger partial charge in [0.05, 0.1) is 11.1 Å². The van der Waals surface area contributed by atoms with Crippen LogP contribution in [0, 0.1) is 0 Å². The zero-order chi connectivity index (χ0) is 22.5. The summed E-state index contributed by atoms with van der Waals surface area (Å²) in [4.78, 5) is 27.2. The molecule has 3 heterocycles. The summed E-state index contributed by atoms with van der Waals surface area (Å²) >= 11 is 7.88. The number of thiophene rings is 1. The van der Waals surface area contributed by atoms with Gasteiger partial charge < -0.3 is 10.6 Å². The lowest BCUT2D eigenvalue weighted by Gasteiger charge is -2.45. The van der Waals surface area contributed by atoms with Gasteiger partial charge in [-0.25, -0.2) is 9.97 Å². The number of nitrogens with zero attached hydrogens (tertiary/aromatic N) is 4. The number of hydrogen-bond acceptors (Lipinski definition) is 6. The topological polar surface area (TPSA) is 75.3 Å². The normalized spacial score (nSPS) is 16.8. The number of fused-ring (bicyclic) bond motifs is 2. The van der Waals surface area contributed by atoms with Crippen LogP contribution in [0.4, 0.5) is 5.82 Å². The molecule has 0 saturated carbocycles. The standard InChI is InChI=1S/C24H24ClN5OS/c1-24(2)23(31)29(12-15-3-6-19-20(9-15)27-14-28-22(19)26)7-8-30(24)13-18-10-16-4-5-17(25)11-21(16)32-18/h3-6,9-11,14H,7-8,12-13H2,1-2H3,(H2,26,27,28). The molecule has 1 aliphatic rings. The van der Waals surface area contributed by atoms with Gasteiger partial charge in [0.15, 0.2) is 0 Å². The second-order valence-electron chi connectivity index (χ2n) is 8.71. The van der Waals surface area contributed by atoms with Crippen molar-refractivity contribution in [3.63, 3.8) is 0 Å². The summed E-state index contributed by atoms with van der Waals surface area (Å²) in [6, 6.07) is 14.1. The number of amides is 1. The zero-order valence-corrected chi connectivity index (χ0v) is 19.6. The number of aromatic nitrogens is 2. The van der Waals surface area contributed by atoms with Gasteiger partial charge in [-0.1, -0.05) is 23.7 Å². The highest BCUT2D eigenvalue weighted by molar-refractivity contribution is 7.19. The second-order valence-corrected chi connectivity index (χ2v) is 10.3. The Morgan fingerprint density at radius 1 is 1.09 bits per heavy atom. The van der Waals surface area contributed by atoms with Crippen LogP contribution in [0.15, 0.2) is 48.8 Å². The number of nitrogens with two attached hydrogens (primary N) is 1. The predicted octanol–water partition coefficient (Wildman–Crippen LogP) is 4.70. The molecule has 1 amide bonds. The predicted molar refractivity (Wildman–Crippen MR) is 131 cm³/mol. The fraction of sp³-hybridized carbons (Fsp3) is 0.292. The summed E-state index contributed by atoms with van der Waals surface area (Å²) in [6.45, 7) is 6.83. The largest absolute Gasteiger partial charge is 0.383 e. The quantitative estimate of drug-likeness (QED) is 0.472. The molecule has 5 rings (SSSR count). The highest BCUT2D eigenvalue weighted by Crippen LogP contribution is 2.32. The first-order valence-electron chi connectivity index (χ1n) is 10.5. The first kappa shape index (κ1) is 21.1. The molecular weight excluding hydrogens is 442 g/mol. The molecule has 0 aliphatic carbocycles. The number of benzene rings is 2. The van der Waals surface area contributed by atoms with Crippen molar-refractivity contribution in [1.82, 2.24) is 19.8 Å². The first-order valence-corrected chi connectivity index (χ1v) is 11.7. The van der Waals surface area contributed by atoms with E-state index in [2.05, 4.69) is 20.9 Å². The first-order chi connectivity index (χ1) is 15.3. The van der Waals surface area contributed by atoms with Gasteiger partial charge in [-0.05, 0) is 55.1 Å². The SMILES string of the molecule is CC1(C)C(=O)N(Cc2ccc3c(N)ncnc3c2)CCN1Cc1cc2ccc(Cl)cc2s1. The van der Waals surface area contributed by atoms with Gasteiger partial charge in [-0.3, -0.25) is 9.69 Å². The Balaban J connectivity index is 1.33. The van der Waals surface area contributed by atoms with Crippen LogP contribution in [0.25, 0.3) is 21.0 Å². The maximum absolute atomic E-state index is 13.4. The lowest BCUT2D eigenvalue weighted by molar-refractivity contribution is -0.150. The van der Waals surface area contributed by atoms with Crippen molar-refractivity contribution in [1.29, 1.82) is 0 Å². The number of carbonyl (C=O) groups excluding carboxylic acids is 1. The van der Waals surface area contributed by atoms with Gasteiger partial charge in [0.1, 0.15) is 12.1 Å². The third-order valence-corrected chi connectivity index (χ3v) is 7.54. The number of rotatable bonds is 4. The molecule has 0 atom stereocenters. The number of piperazine rings is 1. The number of nitrogen functional groups attached to an aromatic ring is 1. The Kier molecular flexibility index (Phi) is 5.28. The van der Waals surface area contributed by atoms with Gasteiger partial charge in [0, 0.05) is 46.2 Å². The van der Waals surface area contributed by atoms with E-state index < -0.39 is 5.54 Å². The van der Waals surface area contributed by atoms with E-state index in [0.717, 1.165) is 34.6 Å². The number of anilines is 1. The molecule has 1 fully saturated rings. The average Bonchev–Trinajstić information content (AvgIpc) is 3.15. The molecule has 1 aliphatic heterocycles. The minimum atomic E-state index is -0.588. The molecular formula is C24H24ClN5OS. The fourth-order valence-corrected chi connectivity index (χ4v) is 5.70. The summed E-state index contributed by atoms with van der Waals surface area (Å²) in [5.41, 5.74) is 7.18. The molecule has 6 nitrogen and oxygen atoms in total. The van der Waals surface area contributed by atoms with E-state index in [9.17, 15) is 4.79 Å². The summed E-state index contributed by atoms with van der Waals surface area (Å²) in [5, 5.41) is 2.77. The van der Waals surface area contributed by atoms with Crippen molar-refractivity contribution in [2.45, 2.75) is 32.5 Å². The number of hydrogen-bond donors (Lipinski definition) is 1. The fourth-order valence-electron chi connectivity index (χ4n) is 4.34. The molecule has 2 aromatic carbocycles. The molecule has 4 aromatic rings. The Labute approximate surface area is 195 Å². The molecule has 0 spiro atoms. The number of carbonyl (C=O) groups is 1. The van der Waals surface area contributed by atoms with E-state index in [1.165, 1.54) is 21.3 Å². The highest BCUT2D eigenvalue weighted by Gasteiger charge is 2.41. The minimum Gasteiger partial charge on any atom is -0.383 e. The van der Waals surface area contributed by atoms with Crippen molar-refractivity contribution in [2.75, 3.05) is 18.8 Å². The summed E-state index contributed by atoms with van der Waals surface area (Å²) in [6.07, 6.45) is 1.47. The molecule has 2 N–H and O–H groups in total. The van der Waals surface area contributed by atoms with Gasteiger partial charge in [-0.2, -0.15) is 0 Å². The van der Waals surface area contributed by atoms with Crippen LogP contribution in [0.1, 0.15) is 24.3 Å². The molecule has 164 valence electrons. The maximum atomic E-state index is 13.4. The van der Waals surface area contributed by atoms with Crippen LogP contribution in [0.5, 0.6) is 0 Å². The Hall–Kier alpha value is -2.74. The number of halogens is 1. The zero-order valence-electron chi connectivity index (χ0n) is 18.0. The molecule has 0 unspecified atom stereocenters. The van der Waals surface area contributed by atoms with Gasteiger partial charge in [0.25, 0.3) is 0 Å².